The fraction of sp³-hybridized carbons (Fsp3) is 0.571. The largest absolute Gasteiger partial charge is 0.496 e. The van der Waals surface area contributed by atoms with Gasteiger partial charge >= 0.3 is 0 Å². The van der Waals surface area contributed by atoms with Crippen molar-refractivity contribution in [1.29, 1.82) is 0 Å². The fourth-order valence-corrected chi connectivity index (χ4v) is 5.05. The monoisotopic (exact) mass is 372 g/mol. The van der Waals surface area contributed by atoms with E-state index in [0.717, 1.165) is 23.7 Å². The highest BCUT2D eigenvalue weighted by Gasteiger charge is 2.43. The molecule has 146 valence electrons. The lowest BCUT2D eigenvalue weighted by Crippen LogP contribution is -2.42. The summed E-state index contributed by atoms with van der Waals surface area (Å²) >= 11 is 0. The van der Waals surface area contributed by atoms with Crippen LogP contribution >= 0.6 is 0 Å². The molecule has 1 aliphatic carbocycles. The van der Waals surface area contributed by atoms with Crippen molar-refractivity contribution >= 4 is 16.8 Å². The van der Waals surface area contributed by atoms with Crippen LogP contribution in [0.4, 0.5) is 0 Å². The zero-order valence-corrected chi connectivity index (χ0v) is 16.5. The molecule has 2 aromatic rings. The lowest BCUT2D eigenvalue weighted by atomic mass is 9.85. The van der Waals surface area contributed by atoms with Gasteiger partial charge in [0, 0.05) is 23.5 Å². The maximum Gasteiger partial charge on any atom is 0.270 e. The number of likely N-dealkylation sites (tertiary alicyclic amines) is 1. The molecule has 2 aliphatic rings. The molecule has 6 heteroatoms. The van der Waals surface area contributed by atoms with Crippen molar-refractivity contribution in [2.45, 2.75) is 51.1 Å². The standard InChI is InChI=1S/C21H28N2O4/c1-12-9-13-7-5-6-8-16(13)23(12)21(24)15-10-14-17(25-2)11-18(26-3)20(27-4)19(14)22-15/h10-13,16,22H,5-9H2,1-4H3/t12-,13+,16-/m1/s1. The van der Waals surface area contributed by atoms with E-state index < -0.39 is 0 Å². The molecule has 0 spiro atoms. The third-order valence-electron chi connectivity index (χ3n) is 6.25. The molecule has 1 N–H and O–H groups in total. The van der Waals surface area contributed by atoms with Crippen LogP contribution in [0.15, 0.2) is 12.1 Å². The van der Waals surface area contributed by atoms with Gasteiger partial charge in [0.15, 0.2) is 11.5 Å². The Labute approximate surface area is 159 Å². The summed E-state index contributed by atoms with van der Waals surface area (Å²) in [5.74, 6) is 2.52. The van der Waals surface area contributed by atoms with Crippen LogP contribution in [0.25, 0.3) is 10.9 Å². The molecule has 4 rings (SSSR count). The number of methoxy groups -OCH3 is 3. The van der Waals surface area contributed by atoms with E-state index in [1.54, 1.807) is 27.4 Å². The van der Waals surface area contributed by atoms with Gasteiger partial charge in [-0.05, 0) is 38.2 Å². The van der Waals surface area contributed by atoms with Gasteiger partial charge in [-0.25, -0.2) is 0 Å². The molecule has 1 saturated heterocycles. The Kier molecular flexibility index (Phi) is 4.66. The molecule has 1 amide bonds. The fourth-order valence-electron chi connectivity index (χ4n) is 5.05. The molecule has 6 nitrogen and oxygen atoms in total. The summed E-state index contributed by atoms with van der Waals surface area (Å²) in [5.41, 5.74) is 1.30. The summed E-state index contributed by atoms with van der Waals surface area (Å²) in [4.78, 5) is 18.8. The summed E-state index contributed by atoms with van der Waals surface area (Å²) < 4.78 is 16.5. The predicted molar refractivity (Wildman–Crippen MR) is 104 cm³/mol. The molecule has 0 unspecified atom stereocenters. The van der Waals surface area contributed by atoms with E-state index in [-0.39, 0.29) is 11.9 Å². The van der Waals surface area contributed by atoms with Crippen LogP contribution in [0.5, 0.6) is 17.2 Å². The number of nitrogens with one attached hydrogen (secondary N) is 1. The van der Waals surface area contributed by atoms with E-state index in [2.05, 4.69) is 16.8 Å². The number of amides is 1. The molecule has 0 bridgehead atoms. The Morgan fingerprint density at radius 3 is 2.52 bits per heavy atom. The first kappa shape index (κ1) is 18.0. The molecule has 1 aromatic heterocycles. The van der Waals surface area contributed by atoms with Crippen molar-refractivity contribution < 1.29 is 19.0 Å². The first-order valence-corrected chi connectivity index (χ1v) is 9.73. The van der Waals surface area contributed by atoms with Crippen LogP contribution < -0.4 is 14.2 Å². The van der Waals surface area contributed by atoms with Crippen molar-refractivity contribution in [1.82, 2.24) is 9.88 Å². The number of hydrogen-bond donors (Lipinski definition) is 1. The smallest absolute Gasteiger partial charge is 0.270 e. The van der Waals surface area contributed by atoms with Gasteiger partial charge in [-0.15, -0.1) is 0 Å². The summed E-state index contributed by atoms with van der Waals surface area (Å²) in [5, 5.41) is 0.825. The second kappa shape index (κ2) is 6.98. The van der Waals surface area contributed by atoms with E-state index in [1.807, 2.05) is 6.07 Å². The van der Waals surface area contributed by atoms with Gasteiger partial charge < -0.3 is 24.1 Å². The van der Waals surface area contributed by atoms with Crippen molar-refractivity contribution in [2.24, 2.45) is 5.92 Å². The van der Waals surface area contributed by atoms with Gasteiger partial charge in [0.05, 0.1) is 26.8 Å². The second-order valence-electron chi connectivity index (χ2n) is 7.70. The van der Waals surface area contributed by atoms with E-state index in [1.165, 1.54) is 19.3 Å². The number of carbonyl (C=O) groups is 1. The highest BCUT2D eigenvalue weighted by atomic mass is 16.5. The Hall–Kier alpha value is -2.37. The number of rotatable bonds is 4. The van der Waals surface area contributed by atoms with Crippen LogP contribution in [0.1, 0.15) is 49.5 Å². The lowest BCUT2D eigenvalue weighted by Gasteiger charge is -2.33. The van der Waals surface area contributed by atoms with Gasteiger partial charge in [0.2, 0.25) is 0 Å². The summed E-state index contributed by atoms with van der Waals surface area (Å²) in [6.45, 7) is 2.17. The van der Waals surface area contributed by atoms with Crippen molar-refractivity contribution in [3.05, 3.63) is 17.8 Å². The second-order valence-corrected chi connectivity index (χ2v) is 7.70. The molecule has 27 heavy (non-hydrogen) atoms. The van der Waals surface area contributed by atoms with E-state index in [4.69, 9.17) is 14.2 Å². The summed E-state index contributed by atoms with van der Waals surface area (Å²) in [7, 11) is 4.80. The van der Waals surface area contributed by atoms with E-state index >= 15 is 0 Å². The average molecular weight is 372 g/mol. The number of carbonyl (C=O) groups excluding carboxylic acids is 1. The van der Waals surface area contributed by atoms with Crippen LogP contribution in [0.3, 0.4) is 0 Å². The number of H-pyrrole nitrogens is 1. The molecule has 1 saturated carbocycles. The first-order chi connectivity index (χ1) is 13.1. The molecule has 0 radical (unpaired) electrons. The number of nitrogens with zero attached hydrogens (tertiary/aromatic N) is 1. The van der Waals surface area contributed by atoms with E-state index in [0.29, 0.717) is 34.9 Å². The SMILES string of the molecule is COc1cc(OC)c2cc(C(=O)N3[C@H](C)C[C@@H]4CCCC[C@H]43)[nH]c2c1OC. The number of ether oxygens (including phenoxy) is 3. The minimum Gasteiger partial charge on any atom is -0.496 e. The third-order valence-corrected chi connectivity index (χ3v) is 6.25. The Morgan fingerprint density at radius 1 is 1.07 bits per heavy atom. The zero-order valence-electron chi connectivity index (χ0n) is 16.5. The van der Waals surface area contributed by atoms with Crippen molar-refractivity contribution in [3.8, 4) is 17.2 Å². The number of fused-ring (bicyclic) bond motifs is 2. The zero-order chi connectivity index (χ0) is 19.1. The summed E-state index contributed by atoms with van der Waals surface area (Å²) in [6.07, 6.45) is 5.96. The Bertz CT molecular complexity index is 859. The van der Waals surface area contributed by atoms with E-state index in [9.17, 15) is 4.79 Å². The normalized spacial score (nSPS) is 24.7. The van der Waals surface area contributed by atoms with Gasteiger partial charge in [-0.1, -0.05) is 12.8 Å². The molecule has 1 aliphatic heterocycles. The van der Waals surface area contributed by atoms with Crippen molar-refractivity contribution in [3.63, 3.8) is 0 Å². The summed E-state index contributed by atoms with van der Waals surface area (Å²) in [6, 6.07) is 4.31. The van der Waals surface area contributed by atoms with Crippen LogP contribution in [-0.2, 0) is 0 Å². The average Bonchev–Trinajstić information content (AvgIpc) is 3.26. The number of hydrogen-bond acceptors (Lipinski definition) is 4. The topological polar surface area (TPSA) is 63.8 Å². The highest BCUT2D eigenvalue weighted by molar-refractivity contribution is 6.02. The minimum absolute atomic E-state index is 0.0659. The maximum absolute atomic E-state index is 13.4. The lowest BCUT2D eigenvalue weighted by molar-refractivity contribution is 0.0628. The first-order valence-electron chi connectivity index (χ1n) is 9.73. The molecule has 2 fully saturated rings. The molecular formula is C21H28N2O4. The van der Waals surface area contributed by atoms with Gasteiger partial charge in [-0.2, -0.15) is 0 Å². The molecule has 3 atom stereocenters. The predicted octanol–water partition coefficient (Wildman–Crippen LogP) is 3.99. The van der Waals surface area contributed by atoms with Gasteiger partial charge in [-0.3, -0.25) is 4.79 Å². The highest BCUT2D eigenvalue weighted by Crippen LogP contribution is 2.43. The number of aromatic amines is 1. The minimum atomic E-state index is 0.0659. The third kappa shape index (κ3) is 2.82. The molecule has 1 aromatic carbocycles. The van der Waals surface area contributed by atoms with Gasteiger partial charge in [0.1, 0.15) is 11.4 Å². The van der Waals surface area contributed by atoms with Crippen LogP contribution in [0, 0.1) is 5.92 Å². The van der Waals surface area contributed by atoms with Crippen LogP contribution in [0.2, 0.25) is 0 Å². The Morgan fingerprint density at radius 2 is 1.81 bits per heavy atom. The number of aromatic nitrogens is 1. The quantitative estimate of drug-likeness (QED) is 0.881. The Balaban J connectivity index is 1.76. The van der Waals surface area contributed by atoms with Crippen LogP contribution in [-0.4, -0.2) is 49.2 Å². The van der Waals surface area contributed by atoms with Gasteiger partial charge in [0.25, 0.3) is 5.91 Å². The van der Waals surface area contributed by atoms with Crippen molar-refractivity contribution in [2.75, 3.05) is 21.3 Å². The molecular weight excluding hydrogens is 344 g/mol. The number of benzene rings is 1. The maximum atomic E-state index is 13.4. The molecule has 2 heterocycles.